The van der Waals surface area contributed by atoms with Gasteiger partial charge in [-0.05, 0) is 66.0 Å². The van der Waals surface area contributed by atoms with Crippen LogP contribution in [0.5, 0.6) is 11.5 Å². The normalized spacial score (nSPS) is 20.8. The maximum Gasteiger partial charge on any atom is 0.475 e. The third-order valence-electron chi connectivity index (χ3n) is 14.0. The molecule has 22 nitrogen and oxygen atoms in total. The van der Waals surface area contributed by atoms with Gasteiger partial charge < -0.3 is 33.0 Å². The monoisotopic (exact) mass is 1100 g/mol. The molecule has 0 radical (unpaired) electrons. The van der Waals surface area contributed by atoms with Gasteiger partial charge in [-0.3, -0.25) is 42.3 Å². The molecular formula is C53H66N9O13PSi. The van der Waals surface area contributed by atoms with E-state index in [1.807, 2.05) is 84.9 Å². The number of phosphoric ester groups is 1. The van der Waals surface area contributed by atoms with Gasteiger partial charge in [0.15, 0.2) is 19.5 Å². The summed E-state index contributed by atoms with van der Waals surface area (Å²) in [6, 6.07) is 26.7. The van der Waals surface area contributed by atoms with Gasteiger partial charge in [-0.25, -0.2) is 19.3 Å². The lowest BCUT2D eigenvalue weighted by Crippen LogP contribution is -2.46. The van der Waals surface area contributed by atoms with Crippen LogP contribution in [0.4, 0.5) is 5.95 Å². The number of ether oxygens (including phenoxy) is 5. The molecule has 0 amide bonds. The van der Waals surface area contributed by atoms with Crippen LogP contribution >= 0.6 is 7.82 Å². The van der Waals surface area contributed by atoms with Crippen molar-refractivity contribution in [1.29, 1.82) is 5.26 Å². The number of aliphatic imine (C=N–C) groups is 1. The molecule has 2 aliphatic heterocycles. The molecule has 8 rings (SSSR count). The number of phosphoric acid groups is 1. The Balaban J connectivity index is 1.19. The van der Waals surface area contributed by atoms with E-state index in [1.54, 1.807) is 44.7 Å². The van der Waals surface area contributed by atoms with Crippen molar-refractivity contribution in [1.82, 2.24) is 34.0 Å². The second kappa shape index (κ2) is 23.6. The fourth-order valence-corrected chi connectivity index (χ4v) is 11.7. The highest BCUT2D eigenvalue weighted by atomic mass is 31.2. The van der Waals surface area contributed by atoms with Crippen LogP contribution in [0.1, 0.15) is 74.7 Å². The van der Waals surface area contributed by atoms with E-state index in [0.29, 0.717) is 17.1 Å². The second-order valence-electron chi connectivity index (χ2n) is 20.5. The van der Waals surface area contributed by atoms with E-state index in [9.17, 15) is 19.6 Å². The molecule has 2 N–H and O–H groups in total. The summed E-state index contributed by atoms with van der Waals surface area (Å²) in [5.41, 5.74) is -0.359. The van der Waals surface area contributed by atoms with Crippen molar-refractivity contribution in [2.24, 2.45) is 4.99 Å². The Hall–Kier alpha value is -6.58. The third kappa shape index (κ3) is 12.6. The van der Waals surface area contributed by atoms with Crippen LogP contribution in [0.2, 0.25) is 18.1 Å². The summed E-state index contributed by atoms with van der Waals surface area (Å²) in [7, 11) is -0.533. The van der Waals surface area contributed by atoms with Crippen molar-refractivity contribution in [3.05, 3.63) is 145 Å². The summed E-state index contributed by atoms with van der Waals surface area (Å²) in [5.74, 6) is 1.27. The van der Waals surface area contributed by atoms with Crippen molar-refractivity contribution in [2.45, 2.75) is 108 Å². The molecule has 5 heterocycles. The van der Waals surface area contributed by atoms with E-state index in [-0.39, 0.29) is 54.6 Å². The van der Waals surface area contributed by atoms with Crippen LogP contribution in [0.15, 0.2) is 111 Å². The number of fused-ring (bicyclic) bond motifs is 1. The van der Waals surface area contributed by atoms with Crippen LogP contribution < -0.4 is 26.3 Å². The molecule has 24 heteroatoms. The number of rotatable bonds is 22. The number of imidazole rings is 1. The third-order valence-corrected chi connectivity index (χ3v) is 20.0. The number of H-pyrrole nitrogens is 2. The minimum atomic E-state index is -4.73. The van der Waals surface area contributed by atoms with Gasteiger partial charge in [-0.1, -0.05) is 75.4 Å². The number of nitriles is 1. The Kier molecular flexibility index (Phi) is 17.3. The highest BCUT2D eigenvalue weighted by Gasteiger charge is 2.49. The summed E-state index contributed by atoms with van der Waals surface area (Å²) in [4.78, 5) is 59.0. The molecule has 410 valence electrons. The lowest BCUT2D eigenvalue weighted by molar-refractivity contribution is -0.0947. The molecule has 1 unspecified atom stereocenters. The van der Waals surface area contributed by atoms with Crippen LogP contribution in [-0.2, 0) is 42.4 Å². The largest absolute Gasteiger partial charge is 0.497 e. The first-order chi connectivity index (χ1) is 36.7. The zero-order valence-corrected chi connectivity index (χ0v) is 46.7. The molecule has 2 saturated heterocycles. The minimum absolute atomic E-state index is 0.0202. The smallest absolute Gasteiger partial charge is 0.475 e. The Morgan fingerprint density at radius 1 is 0.844 bits per heavy atom. The first-order valence-electron chi connectivity index (χ1n) is 25.1. The number of hydrogen-bond acceptors (Lipinski definition) is 17. The van der Waals surface area contributed by atoms with Gasteiger partial charge in [0, 0.05) is 38.7 Å². The highest BCUT2D eigenvalue weighted by molar-refractivity contribution is 7.48. The fraction of sp³-hybridized carbons (Fsp3) is 0.453. The summed E-state index contributed by atoms with van der Waals surface area (Å²) in [6.45, 7) is 11.1. The van der Waals surface area contributed by atoms with Gasteiger partial charge in [-0.2, -0.15) is 10.2 Å². The van der Waals surface area contributed by atoms with Crippen molar-refractivity contribution in [3.8, 4) is 17.6 Å². The van der Waals surface area contributed by atoms with E-state index < -0.39 is 82.0 Å². The predicted octanol–water partition coefficient (Wildman–Crippen LogP) is 7.63. The number of aromatic nitrogens is 6. The predicted molar refractivity (Wildman–Crippen MR) is 288 cm³/mol. The number of aromatic amines is 2. The molecule has 2 aliphatic rings. The van der Waals surface area contributed by atoms with E-state index >= 15 is 4.57 Å². The van der Waals surface area contributed by atoms with Gasteiger partial charge in [0.05, 0.1) is 65.3 Å². The van der Waals surface area contributed by atoms with E-state index in [1.165, 1.54) is 23.4 Å². The molecular weight excluding hydrogens is 1030 g/mol. The number of nitrogens with zero attached hydrogens (tertiary/aromatic N) is 7. The number of benzene rings is 3. The summed E-state index contributed by atoms with van der Waals surface area (Å²) < 4.78 is 75.8. The molecule has 0 bridgehead atoms. The fourth-order valence-electron chi connectivity index (χ4n) is 8.90. The quantitative estimate of drug-likeness (QED) is 0.0165. The van der Waals surface area contributed by atoms with E-state index in [0.717, 1.165) is 16.7 Å². The maximum atomic E-state index is 15.4. The van der Waals surface area contributed by atoms with Crippen LogP contribution in [0.3, 0.4) is 0 Å². The molecule has 7 atom stereocenters. The minimum Gasteiger partial charge on any atom is -0.497 e. The summed E-state index contributed by atoms with van der Waals surface area (Å²) in [5, 5.41) is 9.39. The molecule has 77 heavy (non-hydrogen) atoms. The van der Waals surface area contributed by atoms with Crippen LogP contribution in [0, 0.1) is 18.3 Å². The lowest BCUT2D eigenvalue weighted by Gasteiger charge is -2.39. The van der Waals surface area contributed by atoms with Crippen molar-refractivity contribution in [3.63, 3.8) is 0 Å². The number of nitrogens with one attached hydrogen (secondary N) is 2. The summed E-state index contributed by atoms with van der Waals surface area (Å²) >= 11 is 0. The topological polar surface area (TPSA) is 258 Å². The van der Waals surface area contributed by atoms with Gasteiger partial charge in [-0.15, -0.1) is 0 Å². The second-order valence-corrected chi connectivity index (χ2v) is 26.9. The molecule has 0 spiro atoms. The number of methoxy groups -OCH3 is 2. The van der Waals surface area contributed by atoms with Gasteiger partial charge >= 0.3 is 13.5 Å². The Morgan fingerprint density at radius 3 is 2.04 bits per heavy atom. The van der Waals surface area contributed by atoms with Crippen molar-refractivity contribution in [2.75, 3.05) is 48.1 Å². The van der Waals surface area contributed by atoms with Crippen molar-refractivity contribution >= 4 is 39.6 Å². The molecule has 6 aromatic rings. The molecule has 0 aliphatic carbocycles. The van der Waals surface area contributed by atoms with E-state index in [4.69, 9.17) is 41.7 Å². The van der Waals surface area contributed by atoms with E-state index in [2.05, 4.69) is 58.8 Å². The lowest BCUT2D eigenvalue weighted by atomic mass is 9.80. The van der Waals surface area contributed by atoms with Gasteiger partial charge in [0.1, 0.15) is 47.9 Å². The maximum absolute atomic E-state index is 15.4. The first kappa shape index (κ1) is 56.6. The molecule has 3 aromatic heterocycles. The first-order valence-corrected chi connectivity index (χ1v) is 29.5. The van der Waals surface area contributed by atoms with Crippen LogP contribution in [-0.4, -0.2) is 121 Å². The zero-order valence-electron chi connectivity index (χ0n) is 44.8. The Morgan fingerprint density at radius 2 is 1.44 bits per heavy atom. The number of aryl methyl sites for hydroxylation is 1. The summed E-state index contributed by atoms with van der Waals surface area (Å²) in [6.07, 6.45) is -1.32. The van der Waals surface area contributed by atoms with Crippen LogP contribution in [0.25, 0.3) is 11.2 Å². The van der Waals surface area contributed by atoms with Gasteiger partial charge in [0.2, 0.25) is 5.95 Å². The average Bonchev–Trinajstić information content (AvgIpc) is 4.22. The molecule has 0 saturated carbocycles. The Labute approximate surface area is 446 Å². The molecule has 2 fully saturated rings. The van der Waals surface area contributed by atoms with Gasteiger partial charge in [0.25, 0.3) is 11.1 Å². The zero-order chi connectivity index (χ0) is 55.3. The standard InChI is InChI=1S/C53H66N9O13PSi/c1-34-29-61(51(65)59-48(34)63)44-28-41(75-77(9,10)52(2,3)4)43(73-44)31-71-76(66,70-26-14-25-54)74-40-27-45(62-33-55-46-47(62)57-50(58-49(46)64)56-32-60(5)6)72-42(40)30-69-53(35-15-12-11-13-16-35,36-17-21-38(67-7)22-18-36)37-19-23-39(68-8)24-20-37/h11-13,15-24,29,32-33,40-45H,14,26-28,30-31H2,1-10H3,(H,57,58,64)(H,59,63,65)/b56-32+/t40-,41-,42+,43+,44+,45+,76?/m0/s1. The Bertz CT molecular complexity index is 3250. The SMILES string of the molecule is COc1ccc(C(OC[C@H]2O[C@@H](n3cnc4c(=O)[nH]c(/N=C/N(C)C)nc43)C[C@@H]2OP(=O)(OCCC#N)OC[C@H]2O[C@@H](n3cc(C)c(=O)[nH]c3=O)C[C@@H]2O[Si](C)(C)C(C)(C)C)(c2ccccc2)c2ccc(OC)cc2)cc1. The average molecular weight is 1100 g/mol. The van der Waals surface area contributed by atoms with Crippen molar-refractivity contribution < 1.29 is 46.2 Å². The number of hydrogen-bond donors (Lipinski definition) is 2. The molecule has 3 aromatic carbocycles. The highest BCUT2D eigenvalue weighted by Crippen LogP contribution is 2.55.